The van der Waals surface area contributed by atoms with Crippen LogP contribution in [0, 0.1) is 0 Å². The van der Waals surface area contributed by atoms with Crippen LogP contribution in [0.3, 0.4) is 0 Å². The van der Waals surface area contributed by atoms with Crippen LogP contribution in [-0.4, -0.2) is 4.98 Å². The van der Waals surface area contributed by atoms with Crippen molar-refractivity contribution in [1.29, 1.82) is 0 Å². The molecule has 0 saturated carbocycles. The standard InChI is InChI=1S/C49H30N2O3/c1-3-12-31(13-4-1)32-22-26-35(27-23-32)51(41-18-11-21-44-45(41)37-16-7-9-19-42(37)52-44)36-28-24-33(25-29-36)39-30-40-48(54-49(50-40)34-14-5-2-6-15-34)46-38-17-8-10-20-43(38)53-47(39)46/h1-30H. The minimum Gasteiger partial charge on any atom is -0.456 e. The molecule has 8 aromatic carbocycles. The first kappa shape index (κ1) is 30.3. The molecule has 5 nitrogen and oxygen atoms in total. The lowest BCUT2D eigenvalue weighted by atomic mass is 10.00. The molecule has 0 aliphatic carbocycles. The predicted octanol–water partition coefficient (Wildman–Crippen LogP) is 14.1. The van der Waals surface area contributed by atoms with Gasteiger partial charge in [0.25, 0.3) is 0 Å². The summed E-state index contributed by atoms with van der Waals surface area (Å²) in [7, 11) is 0. The SMILES string of the molecule is c1ccc(-c2ccc(N(c3ccc(-c4cc5nc(-c6ccccc6)oc5c5c4oc4ccccc45)cc3)c3cccc4oc5ccccc5c34)cc2)cc1. The van der Waals surface area contributed by atoms with E-state index in [1.165, 1.54) is 5.56 Å². The number of hydrogen-bond donors (Lipinski definition) is 0. The van der Waals surface area contributed by atoms with Gasteiger partial charge in [0.15, 0.2) is 5.58 Å². The van der Waals surface area contributed by atoms with Gasteiger partial charge in [0.1, 0.15) is 27.8 Å². The Kier molecular flexibility index (Phi) is 6.79. The second-order valence-corrected chi connectivity index (χ2v) is 13.5. The summed E-state index contributed by atoms with van der Waals surface area (Å²) in [5, 5.41) is 4.07. The van der Waals surface area contributed by atoms with Crippen LogP contribution < -0.4 is 4.90 Å². The van der Waals surface area contributed by atoms with Gasteiger partial charge in [-0.1, -0.05) is 115 Å². The third-order valence-electron chi connectivity index (χ3n) is 10.3. The first-order valence-electron chi connectivity index (χ1n) is 18.0. The molecule has 0 atom stereocenters. The summed E-state index contributed by atoms with van der Waals surface area (Å²) in [6.07, 6.45) is 0. The molecule has 254 valence electrons. The van der Waals surface area contributed by atoms with Crippen LogP contribution in [-0.2, 0) is 0 Å². The number of furan rings is 2. The first-order chi connectivity index (χ1) is 26.8. The molecule has 54 heavy (non-hydrogen) atoms. The summed E-state index contributed by atoms with van der Waals surface area (Å²) in [5.74, 6) is 0.583. The molecule has 0 saturated heterocycles. The van der Waals surface area contributed by atoms with E-state index in [0.29, 0.717) is 5.89 Å². The Morgan fingerprint density at radius 3 is 1.65 bits per heavy atom. The number of para-hydroxylation sites is 2. The average Bonchev–Trinajstić information content (AvgIpc) is 3.96. The Morgan fingerprint density at radius 1 is 0.389 bits per heavy atom. The van der Waals surface area contributed by atoms with Crippen LogP contribution in [0.5, 0.6) is 0 Å². The molecule has 11 rings (SSSR count). The number of anilines is 3. The molecule has 0 unspecified atom stereocenters. The molecule has 0 aliphatic heterocycles. The number of benzene rings is 8. The minimum atomic E-state index is 0.583. The molecule has 3 heterocycles. The quantitative estimate of drug-likeness (QED) is 0.173. The monoisotopic (exact) mass is 694 g/mol. The highest BCUT2D eigenvalue weighted by atomic mass is 16.4. The zero-order chi connectivity index (χ0) is 35.6. The maximum atomic E-state index is 6.60. The first-order valence-corrected chi connectivity index (χ1v) is 18.0. The predicted molar refractivity (Wildman–Crippen MR) is 220 cm³/mol. The van der Waals surface area contributed by atoms with Gasteiger partial charge in [0.2, 0.25) is 5.89 Å². The number of oxazole rings is 1. The molecule has 0 spiro atoms. The second-order valence-electron chi connectivity index (χ2n) is 13.5. The van der Waals surface area contributed by atoms with Crippen LogP contribution in [0.1, 0.15) is 0 Å². The van der Waals surface area contributed by atoms with Crippen molar-refractivity contribution in [3.63, 3.8) is 0 Å². The van der Waals surface area contributed by atoms with Crippen LogP contribution in [0.25, 0.3) is 88.7 Å². The smallest absolute Gasteiger partial charge is 0.227 e. The minimum absolute atomic E-state index is 0.583. The molecule has 0 fully saturated rings. The van der Waals surface area contributed by atoms with Crippen LogP contribution in [0.4, 0.5) is 17.1 Å². The summed E-state index contributed by atoms with van der Waals surface area (Å²) in [6.45, 7) is 0. The van der Waals surface area contributed by atoms with E-state index in [1.54, 1.807) is 0 Å². The van der Waals surface area contributed by atoms with E-state index in [-0.39, 0.29) is 0 Å². The van der Waals surface area contributed by atoms with E-state index in [9.17, 15) is 0 Å². The summed E-state index contributed by atoms with van der Waals surface area (Å²) < 4.78 is 19.4. The van der Waals surface area contributed by atoms with Gasteiger partial charge in [-0.25, -0.2) is 4.98 Å². The molecule has 0 radical (unpaired) electrons. The number of hydrogen-bond acceptors (Lipinski definition) is 5. The highest BCUT2D eigenvalue weighted by molar-refractivity contribution is 6.20. The van der Waals surface area contributed by atoms with Gasteiger partial charge >= 0.3 is 0 Å². The zero-order valence-electron chi connectivity index (χ0n) is 28.9. The lowest BCUT2D eigenvalue weighted by molar-refractivity contribution is 0.622. The largest absolute Gasteiger partial charge is 0.456 e. The van der Waals surface area contributed by atoms with Gasteiger partial charge < -0.3 is 18.2 Å². The highest BCUT2D eigenvalue weighted by Crippen LogP contribution is 2.45. The highest BCUT2D eigenvalue weighted by Gasteiger charge is 2.23. The van der Waals surface area contributed by atoms with E-state index in [4.69, 9.17) is 18.2 Å². The van der Waals surface area contributed by atoms with Gasteiger partial charge in [-0.2, -0.15) is 0 Å². The van der Waals surface area contributed by atoms with Crippen molar-refractivity contribution in [3.05, 3.63) is 182 Å². The topological polar surface area (TPSA) is 55.6 Å². The van der Waals surface area contributed by atoms with Gasteiger partial charge in [0, 0.05) is 33.3 Å². The molecule has 0 aliphatic rings. The molecule has 0 bridgehead atoms. The van der Waals surface area contributed by atoms with Crippen LogP contribution >= 0.6 is 0 Å². The maximum Gasteiger partial charge on any atom is 0.227 e. The van der Waals surface area contributed by atoms with Gasteiger partial charge in [-0.15, -0.1) is 0 Å². The van der Waals surface area contributed by atoms with E-state index < -0.39 is 0 Å². The molecular weight excluding hydrogens is 665 g/mol. The van der Waals surface area contributed by atoms with E-state index in [2.05, 4.69) is 114 Å². The van der Waals surface area contributed by atoms with E-state index >= 15 is 0 Å². The van der Waals surface area contributed by atoms with Crippen molar-refractivity contribution in [1.82, 2.24) is 4.98 Å². The van der Waals surface area contributed by atoms with Crippen LogP contribution in [0.15, 0.2) is 195 Å². The summed E-state index contributed by atoms with van der Waals surface area (Å²) in [4.78, 5) is 7.30. The number of fused-ring (bicyclic) bond motifs is 8. The van der Waals surface area contributed by atoms with E-state index in [0.717, 1.165) is 94.3 Å². The summed E-state index contributed by atoms with van der Waals surface area (Å²) in [5.41, 5.74) is 13.1. The Morgan fingerprint density at radius 2 is 0.944 bits per heavy atom. The van der Waals surface area contributed by atoms with Gasteiger partial charge in [-0.05, 0) is 83.4 Å². The molecule has 3 aromatic heterocycles. The van der Waals surface area contributed by atoms with E-state index in [1.807, 2.05) is 72.8 Å². The third kappa shape index (κ3) is 4.83. The fourth-order valence-corrected chi connectivity index (χ4v) is 7.78. The maximum absolute atomic E-state index is 6.60. The fraction of sp³-hybridized carbons (Fsp3) is 0. The summed E-state index contributed by atoms with van der Waals surface area (Å²) >= 11 is 0. The van der Waals surface area contributed by atoms with Crippen molar-refractivity contribution in [2.24, 2.45) is 0 Å². The lowest BCUT2D eigenvalue weighted by Gasteiger charge is -2.26. The Balaban J connectivity index is 1.09. The van der Waals surface area contributed by atoms with Crippen molar-refractivity contribution in [2.75, 3.05) is 4.90 Å². The number of rotatable bonds is 6. The Labute approximate surface area is 309 Å². The number of nitrogens with zero attached hydrogens (tertiary/aromatic N) is 2. The van der Waals surface area contributed by atoms with Gasteiger partial charge in [0.05, 0.1) is 16.5 Å². The normalized spacial score (nSPS) is 11.7. The van der Waals surface area contributed by atoms with Crippen molar-refractivity contribution >= 4 is 72.0 Å². The third-order valence-corrected chi connectivity index (χ3v) is 10.3. The van der Waals surface area contributed by atoms with Crippen molar-refractivity contribution in [2.45, 2.75) is 0 Å². The average molecular weight is 695 g/mol. The molecule has 0 amide bonds. The zero-order valence-corrected chi connectivity index (χ0v) is 28.9. The Bertz CT molecular complexity index is 3140. The van der Waals surface area contributed by atoms with Gasteiger partial charge in [-0.3, -0.25) is 0 Å². The van der Waals surface area contributed by atoms with Crippen LogP contribution in [0.2, 0.25) is 0 Å². The summed E-state index contributed by atoms with van der Waals surface area (Å²) in [6, 6.07) is 62.7. The Hall–Kier alpha value is -7.37. The molecule has 11 aromatic rings. The molecule has 5 heteroatoms. The fourth-order valence-electron chi connectivity index (χ4n) is 7.78. The lowest BCUT2D eigenvalue weighted by Crippen LogP contribution is -2.10. The number of aromatic nitrogens is 1. The van der Waals surface area contributed by atoms with Crippen molar-refractivity contribution in [3.8, 4) is 33.7 Å². The molecular formula is C49H30N2O3. The molecule has 0 N–H and O–H groups in total. The van der Waals surface area contributed by atoms with Crippen molar-refractivity contribution < 1.29 is 13.3 Å². The second kappa shape index (κ2) is 12.1.